The summed E-state index contributed by atoms with van der Waals surface area (Å²) in [5.41, 5.74) is 0.529. The van der Waals surface area contributed by atoms with Gasteiger partial charge in [-0.25, -0.2) is 0 Å². The van der Waals surface area contributed by atoms with Gasteiger partial charge in [-0.05, 0) is 25.5 Å². The Morgan fingerprint density at radius 1 is 1.36 bits per heavy atom. The quantitative estimate of drug-likeness (QED) is 0.458. The Morgan fingerprint density at radius 2 is 2.05 bits per heavy atom. The molecule has 0 aliphatic heterocycles. The zero-order valence-corrected chi connectivity index (χ0v) is 12.2. The minimum atomic E-state index is -0.640. The van der Waals surface area contributed by atoms with Gasteiger partial charge in [0.1, 0.15) is 0 Å². The van der Waals surface area contributed by atoms with Crippen LogP contribution in [0.4, 0.5) is 5.69 Å². The maximum absolute atomic E-state index is 11.4. The third-order valence-electron chi connectivity index (χ3n) is 2.88. The molecule has 0 aliphatic carbocycles. The molecule has 0 N–H and O–H groups in total. The monoisotopic (exact) mass is 305 g/mol. The maximum Gasteiger partial charge on any atom is 0.306 e. The topological polar surface area (TPSA) is 108 Å². The Kier molecular flexibility index (Phi) is 4.82. The summed E-state index contributed by atoms with van der Waals surface area (Å²) in [6.07, 6.45) is 0.385. The van der Waals surface area contributed by atoms with Crippen molar-refractivity contribution in [2.24, 2.45) is 0 Å². The molecule has 1 heterocycles. The Morgan fingerprint density at radius 3 is 2.64 bits per heavy atom. The number of carbonyl (C=O) groups is 1. The molecule has 0 fully saturated rings. The minimum Gasteiger partial charge on any atom is -0.453 e. The van der Waals surface area contributed by atoms with Crippen molar-refractivity contribution in [3.63, 3.8) is 0 Å². The number of carbonyl (C=O) groups excluding carboxylic acids is 1. The maximum atomic E-state index is 11.4. The van der Waals surface area contributed by atoms with Gasteiger partial charge in [-0.3, -0.25) is 14.9 Å². The summed E-state index contributed by atoms with van der Waals surface area (Å²) < 4.78 is 10.6. The second-order valence-corrected chi connectivity index (χ2v) is 4.63. The van der Waals surface area contributed by atoms with E-state index in [0.717, 1.165) is 0 Å². The Hall–Kier alpha value is -2.77. The van der Waals surface area contributed by atoms with Crippen molar-refractivity contribution in [1.29, 1.82) is 0 Å². The normalized spacial score (nSPS) is 11.9. The van der Waals surface area contributed by atoms with Crippen LogP contribution in [0.15, 0.2) is 28.7 Å². The smallest absolute Gasteiger partial charge is 0.306 e. The lowest BCUT2D eigenvalue weighted by molar-refractivity contribution is -0.384. The summed E-state index contributed by atoms with van der Waals surface area (Å²) in [6.45, 7) is 3.52. The van der Waals surface area contributed by atoms with E-state index < -0.39 is 11.0 Å². The van der Waals surface area contributed by atoms with E-state index in [-0.39, 0.29) is 23.4 Å². The second-order valence-electron chi connectivity index (χ2n) is 4.63. The SMILES string of the molecule is CCCC(=O)OC(C)c1nnc(-c2ccc([N+](=O)[O-])cc2)o1. The van der Waals surface area contributed by atoms with Gasteiger partial charge >= 0.3 is 5.97 Å². The molecular formula is C14H15N3O5. The van der Waals surface area contributed by atoms with Gasteiger partial charge in [0.15, 0.2) is 6.10 Å². The highest BCUT2D eigenvalue weighted by molar-refractivity contribution is 5.69. The Labute approximate surface area is 126 Å². The molecule has 116 valence electrons. The van der Waals surface area contributed by atoms with Crippen LogP contribution >= 0.6 is 0 Å². The number of benzene rings is 1. The summed E-state index contributed by atoms with van der Waals surface area (Å²) in [5, 5.41) is 18.3. The molecule has 8 nitrogen and oxygen atoms in total. The van der Waals surface area contributed by atoms with Crippen LogP contribution in [-0.4, -0.2) is 21.1 Å². The predicted molar refractivity (Wildman–Crippen MR) is 75.8 cm³/mol. The van der Waals surface area contributed by atoms with Crippen LogP contribution in [0.25, 0.3) is 11.5 Å². The molecule has 0 saturated carbocycles. The van der Waals surface area contributed by atoms with E-state index in [1.54, 1.807) is 6.92 Å². The van der Waals surface area contributed by atoms with Crippen molar-refractivity contribution < 1.29 is 18.9 Å². The van der Waals surface area contributed by atoms with E-state index in [2.05, 4.69) is 10.2 Å². The average Bonchev–Trinajstić information content (AvgIpc) is 2.97. The van der Waals surface area contributed by atoms with Crippen LogP contribution in [0.1, 0.15) is 38.7 Å². The van der Waals surface area contributed by atoms with Crippen LogP contribution in [0.5, 0.6) is 0 Å². The molecule has 0 amide bonds. The van der Waals surface area contributed by atoms with Gasteiger partial charge in [0.2, 0.25) is 5.89 Å². The van der Waals surface area contributed by atoms with Gasteiger partial charge in [-0.15, -0.1) is 10.2 Å². The first-order chi connectivity index (χ1) is 10.5. The minimum absolute atomic E-state index is 0.0228. The second kappa shape index (κ2) is 6.79. The average molecular weight is 305 g/mol. The fourth-order valence-corrected chi connectivity index (χ4v) is 1.75. The number of rotatable bonds is 6. The van der Waals surface area contributed by atoms with E-state index in [4.69, 9.17) is 9.15 Å². The molecule has 1 unspecified atom stereocenters. The third kappa shape index (κ3) is 3.66. The molecule has 22 heavy (non-hydrogen) atoms. The van der Waals surface area contributed by atoms with Crippen molar-refractivity contribution >= 4 is 11.7 Å². The standard InChI is InChI=1S/C14H15N3O5/c1-3-4-12(18)21-9(2)13-15-16-14(22-13)10-5-7-11(8-6-10)17(19)20/h5-9H,3-4H2,1-2H3. The number of nitrogens with zero attached hydrogens (tertiary/aromatic N) is 3. The number of nitro groups is 1. The molecule has 1 aromatic carbocycles. The summed E-state index contributed by atoms with van der Waals surface area (Å²) in [6, 6.07) is 5.74. The van der Waals surface area contributed by atoms with Crippen LogP contribution in [-0.2, 0) is 9.53 Å². The van der Waals surface area contributed by atoms with Crippen LogP contribution < -0.4 is 0 Å². The molecular weight excluding hydrogens is 290 g/mol. The zero-order chi connectivity index (χ0) is 16.1. The first-order valence-corrected chi connectivity index (χ1v) is 6.79. The number of nitro benzene ring substituents is 1. The first kappa shape index (κ1) is 15.6. The van der Waals surface area contributed by atoms with Crippen molar-refractivity contribution in [3.05, 3.63) is 40.3 Å². The van der Waals surface area contributed by atoms with Crippen molar-refractivity contribution in [1.82, 2.24) is 10.2 Å². The highest BCUT2D eigenvalue weighted by atomic mass is 16.6. The summed E-state index contributed by atoms with van der Waals surface area (Å²) in [7, 11) is 0. The number of esters is 1. The van der Waals surface area contributed by atoms with E-state index in [1.807, 2.05) is 6.92 Å². The summed E-state index contributed by atoms with van der Waals surface area (Å²) in [4.78, 5) is 21.5. The fraction of sp³-hybridized carbons (Fsp3) is 0.357. The molecule has 0 aliphatic rings. The van der Waals surface area contributed by atoms with Crippen molar-refractivity contribution in [2.75, 3.05) is 0 Å². The Balaban J connectivity index is 2.10. The summed E-state index contributed by atoms with van der Waals surface area (Å²) >= 11 is 0. The van der Waals surface area contributed by atoms with Gasteiger partial charge in [-0.2, -0.15) is 0 Å². The highest BCUT2D eigenvalue weighted by Crippen LogP contribution is 2.24. The van der Waals surface area contributed by atoms with Gasteiger partial charge in [0, 0.05) is 24.1 Å². The molecule has 2 aromatic rings. The van der Waals surface area contributed by atoms with Crippen LogP contribution in [0.2, 0.25) is 0 Å². The van der Waals surface area contributed by atoms with Crippen LogP contribution in [0.3, 0.4) is 0 Å². The molecule has 1 atom stereocenters. The van der Waals surface area contributed by atoms with Gasteiger partial charge in [-0.1, -0.05) is 6.92 Å². The lowest BCUT2D eigenvalue weighted by Gasteiger charge is -2.08. The van der Waals surface area contributed by atoms with Crippen molar-refractivity contribution in [3.8, 4) is 11.5 Å². The molecule has 0 radical (unpaired) electrons. The molecule has 0 spiro atoms. The lowest BCUT2D eigenvalue weighted by Crippen LogP contribution is -2.08. The number of non-ortho nitro benzene ring substituents is 1. The first-order valence-electron chi connectivity index (χ1n) is 6.79. The van der Waals surface area contributed by atoms with E-state index >= 15 is 0 Å². The number of aromatic nitrogens is 2. The molecule has 8 heteroatoms. The van der Waals surface area contributed by atoms with Gasteiger partial charge in [0.25, 0.3) is 11.6 Å². The van der Waals surface area contributed by atoms with E-state index in [0.29, 0.717) is 18.4 Å². The molecule has 0 saturated heterocycles. The summed E-state index contributed by atoms with van der Waals surface area (Å²) in [5.74, 6) is 0.0613. The van der Waals surface area contributed by atoms with E-state index in [1.165, 1.54) is 24.3 Å². The molecule has 2 rings (SSSR count). The number of ether oxygens (including phenoxy) is 1. The largest absolute Gasteiger partial charge is 0.453 e. The predicted octanol–water partition coefficient (Wildman–Crippen LogP) is 3.05. The highest BCUT2D eigenvalue weighted by Gasteiger charge is 2.19. The lowest BCUT2D eigenvalue weighted by atomic mass is 10.2. The fourth-order valence-electron chi connectivity index (χ4n) is 1.75. The van der Waals surface area contributed by atoms with Gasteiger partial charge < -0.3 is 9.15 Å². The Bertz CT molecular complexity index is 665. The molecule has 1 aromatic heterocycles. The number of hydrogen-bond acceptors (Lipinski definition) is 7. The molecule has 0 bridgehead atoms. The third-order valence-corrected chi connectivity index (χ3v) is 2.88. The van der Waals surface area contributed by atoms with Crippen molar-refractivity contribution in [2.45, 2.75) is 32.8 Å². The van der Waals surface area contributed by atoms with E-state index in [9.17, 15) is 14.9 Å². The van der Waals surface area contributed by atoms with Gasteiger partial charge in [0.05, 0.1) is 4.92 Å². The number of hydrogen-bond donors (Lipinski definition) is 0. The van der Waals surface area contributed by atoms with Crippen LogP contribution in [0, 0.1) is 10.1 Å². The zero-order valence-electron chi connectivity index (χ0n) is 12.2.